The molecule has 0 aliphatic heterocycles. The van der Waals surface area contributed by atoms with Crippen molar-refractivity contribution in [3.05, 3.63) is 33.8 Å². The number of nitrogens with two attached hydrogens (primary N) is 2. The molecule has 110 valence electrons. The zero-order valence-electron chi connectivity index (χ0n) is 10.8. The summed E-state index contributed by atoms with van der Waals surface area (Å²) in [5.74, 6) is -1.97. The molecular weight excluding hydrogens is 295 g/mol. The van der Waals surface area contributed by atoms with Gasteiger partial charge in [0.15, 0.2) is 5.96 Å². The van der Waals surface area contributed by atoms with Gasteiger partial charge in [-0.2, -0.15) is 18.2 Å². The lowest BCUT2D eigenvalue weighted by Gasteiger charge is -2.17. The summed E-state index contributed by atoms with van der Waals surface area (Å²) in [6.45, 7) is 3.19. The molecule has 0 saturated carbocycles. The standard InChI is InChI=1S/C12H13ClF3N3O/c1-5(2)6-4-9(13)7(10(20)19-11(17)18)3-8(6)12(14,15)16/h3-5H,1-2H3,(H4,17,18,19,20). The third kappa shape index (κ3) is 3.63. The first-order chi connectivity index (χ1) is 9.04. The van der Waals surface area contributed by atoms with Crippen LogP contribution in [0.1, 0.15) is 41.3 Å². The summed E-state index contributed by atoms with van der Waals surface area (Å²) in [4.78, 5) is 14.8. The average molecular weight is 308 g/mol. The summed E-state index contributed by atoms with van der Waals surface area (Å²) >= 11 is 5.83. The van der Waals surface area contributed by atoms with E-state index in [4.69, 9.17) is 23.1 Å². The van der Waals surface area contributed by atoms with Crippen molar-refractivity contribution < 1.29 is 18.0 Å². The van der Waals surface area contributed by atoms with Gasteiger partial charge in [-0.1, -0.05) is 25.4 Å². The second-order valence-corrected chi connectivity index (χ2v) is 4.82. The van der Waals surface area contributed by atoms with Crippen LogP contribution < -0.4 is 11.5 Å². The third-order valence-corrected chi connectivity index (χ3v) is 2.84. The summed E-state index contributed by atoms with van der Waals surface area (Å²) in [7, 11) is 0. The molecule has 1 amide bonds. The number of carbonyl (C=O) groups is 1. The summed E-state index contributed by atoms with van der Waals surface area (Å²) in [5, 5.41) is -0.128. The van der Waals surface area contributed by atoms with E-state index in [1.807, 2.05) is 0 Å². The van der Waals surface area contributed by atoms with Gasteiger partial charge < -0.3 is 11.5 Å². The van der Waals surface area contributed by atoms with E-state index in [9.17, 15) is 18.0 Å². The molecular formula is C12H13ClF3N3O. The molecule has 1 aromatic carbocycles. The van der Waals surface area contributed by atoms with Gasteiger partial charge in [0, 0.05) is 0 Å². The molecule has 4 N–H and O–H groups in total. The molecule has 0 spiro atoms. The van der Waals surface area contributed by atoms with E-state index in [0.717, 1.165) is 6.07 Å². The molecule has 0 aliphatic rings. The molecule has 4 nitrogen and oxygen atoms in total. The lowest BCUT2D eigenvalue weighted by molar-refractivity contribution is -0.138. The van der Waals surface area contributed by atoms with E-state index in [1.54, 1.807) is 13.8 Å². The van der Waals surface area contributed by atoms with Crippen LogP contribution in [0.15, 0.2) is 17.1 Å². The van der Waals surface area contributed by atoms with E-state index >= 15 is 0 Å². The maximum absolute atomic E-state index is 13.0. The quantitative estimate of drug-likeness (QED) is 0.651. The Hall–Kier alpha value is -1.76. The van der Waals surface area contributed by atoms with Crippen LogP contribution in [0.25, 0.3) is 0 Å². The number of hydrogen-bond acceptors (Lipinski definition) is 1. The molecule has 0 aliphatic carbocycles. The van der Waals surface area contributed by atoms with Gasteiger partial charge in [-0.25, -0.2) is 0 Å². The predicted molar refractivity (Wildman–Crippen MR) is 70.7 cm³/mol. The normalized spacial score (nSPS) is 11.6. The number of rotatable bonds is 2. The van der Waals surface area contributed by atoms with Gasteiger partial charge in [0.25, 0.3) is 5.91 Å². The highest BCUT2D eigenvalue weighted by atomic mass is 35.5. The fourth-order valence-corrected chi connectivity index (χ4v) is 1.91. The number of amides is 1. The van der Waals surface area contributed by atoms with Gasteiger partial charge in [-0.3, -0.25) is 4.79 Å². The van der Waals surface area contributed by atoms with Gasteiger partial charge >= 0.3 is 6.18 Å². The largest absolute Gasteiger partial charge is 0.416 e. The Balaban J connectivity index is 3.51. The highest BCUT2D eigenvalue weighted by Crippen LogP contribution is 2.38. The minimum absolute atomic E-state index is 0.00347. The first-order valence-corrected chi connectivity index (χ1v) is 5.96. The van der Waals surface area contributed by atoms with Crippen LogP contribution in [0.2, 0.25) is 5.02 Å². The van der Waals surface area contributed by atoms with Gasteiger partial charge in [-0.15, -0.1) is 0 Å². The predicted octanol–water partition coefficient (Wildman–Crippen LogP) is 2.90. The molecule has 0 heterocycles. The Morgan fingerprint density at radius 2 is 1.85 bits per heavy atom. The number of nitrogens with zero attached hydrogens (tertiary/aromatic N) is 1. The highest BCUT2D eigenvalue weighted by molar-refractivity contribution is 6.34. The van der Waals surface area contributed by atoms with E-state index in [-0.39, 0.29) is 10.6 Å². The maximum Gasteiger partial charge on any atom is 0.416 e. The molecule has 0 aromatic heterocycles. The van der Waals surface area contributed by atoms with E-state index in [2.05, 4.69) is 4.99 Å². The lowest BCUT2D eigenvalue weighted by Crippen LogP contribution is -2.24. The second-order valence-electron chi connectivity index (χ2n) is 4.41. The number of alkyl halides is 3. The Morgan fingerprint density at radius 1 is 1.30 bits per heavy atom. The summed E-state index contributed by atoms with van der Waals surface area (Å²) in [6, 6.07) is 1.79. The van der Waals surface area contributed by atoms with Crippen molar-refractivity contribution in [2.45, 2.75) is 25.9 Å². The number of aliphatic imine (C=N–C) groups is 1. The van der Waals surface area contributed by atoms with Crippen molar-refractivity contribution >= 4 is 23.5 Å². The zero-order valence-corrected chi connectivity index (χ0v) is 11.5. The fraction of sp³-hybridized carbons (Fsp3) is 0.333. The molecule has 0 fully saturated rings. The van der Waals surface area contributed by atoms with Crippen LogP contribution in [-0.2, 0) is 6.18 Å². The minimum Gasteiger partial charge on any atom is -0.370 e. The summed E-state index contributed by atoms with van der Waals surface area (Å²) in [6.07, 6.45) is -4.60. The van der Waals surface area contributed by atoms with E-state index in [1.165, 1.54) is 0 Å². The van der Waals surface area contributed by atoms with Crippen molar-refractivity contribution in [1.29, 1.82) is 0 Å². The van der Waals surface area contributed by atoms with Crippen LogP contribution in [0.4, 0.5) is 13.2 Å². The van der Waals surface area contributed by atoms with Crippen LogP contribution in [0, 0.1) is 0 Å². The zero-order chi connectivity index (χ0) is 15.7. The van der Waals surface area contributed by atoms with Gasteiger partial charge in [0.05, 0.1) is 16.1 Å². The highest BCUT2D eigenvalue weighted by Gasteiger charge is 2.35. The van der Waals surface area contributed by atoms with Crippen molar-refractivity contribution in [2.24, 2.45) is 16.5 Å². The van der Waals surface area contributed by atoms with Crippen LogP contribution in [0.5, 0.6) is 0 Å². The number of halogens is 4. The lowest BCUT2D eigenvalue weighted by atomic mass is 9.94. The van der Waals surface area contributed by atoms with Crippen molar-refractivity contribution in [2.75, 3.05) is 0 Å². The number of guanidine groups is 1. The average Bonchev–Trinajstić information content (AvgIpc) is 2.25. The molecule has 0 unspecified atom stereocenters. The van der Waals surface area contributed by atoms with Gasteiger partial charge in [-0.05, 0) is 23.6 Å². The molecule has 0 bridgehead atoms. The molecule has 0 radical (unpaired) electrons. The van der Waals surface area contributed by atoms with Crippen molar-refractivity contribution in [3.63, 3.8) is 0 Å². The summed E-state index contributed by atoms with van der Waals surface area (Å²) < 4.78 is 39.0. The van der Waals surface area contributed by atoms with Gasteiger partial charge in [0.1, 0.15) is 0 Å². The fourth-order valence-electron chi connectivity index (χ4n) is 1.65. The Labute approximate surface area is 118 Å². The van der Waals surface area contributed by atoms with Crippen LogP contribution in [-0.4, -0.2) is 11.9 Å². The third-order valence-electron chi connectivity index (χ3n) is 2.53. The minimum atomic E-state index is -4.60. The van der Waals surface area contributed by atoms with E-state index < -0.39 is 35.1 Å². The molecule has 0 saturated heterocycles. The molecule has 20 heavy (non-hydrogen) atoms. The number of benzene rings is 1. The first-order valence-electron chi connectivity index (χ1n) is 5.58. The number of carbonyl (C=O) groups excluding carboxylic acids is 1. The van der Waals surface area contributed by atoms with Crippen LogP contribution >= 0.6 is 11.6 Å². The summed E-state index contributed by atoms with van der Waals surface area (Å²) in [5.41, 5.74) is 8.74. The first kappa shape index (κ1) is 16.3. The smallest absolute Gasteiger partial charge is 0.370 e. The molecule has 1 rings (SSSR count). The maximum atomic E-state index is 13.0. The number of hydrogen-bond donors (Lipinski definition) is 2. The topological polar surface area (TPSA) is 81.5 Å². The monoisotopic (exact) mass is 307 g/mol. The van der Waals surface area contributed by atoms with Crippen molar-refractivity contribution in [3.8, 4) is 0 Å². The molecule has 8 heteroatoms. The Kier molecular flexibility index (Phi) is 4.65. The molecule has 1 aromatic rings. The Morgan fingerprint density at radius 3 is 2.25 bits per heavy atom. The SMILES string of the molecule is CC(C)c1cc(Cl)c(C(=O)N=C(N)N)cc1C(F)(F)F. The molecule has 0 atom stereocenters. The van der Waals surface area contributed by atoms with Gasteiger partial charge in [0.2, 0.25) is 0 Å². The second kappa shape index (κ2) is 5.70. The Bertz CT molecular complexity index is 564. The van der Waals surface area contributed by atoms with E-state index in [0.29, 0.717) is 6.07 Å². The van der Waals surface area contributed by atoms with Crippen molar-refractivity contribution in [1.82, 2.24) is 0 Å². The van der Waals surface area contributed by atoms with Crippen LogP contribution in [0.3, 0.4) is 0 Å².